The second-order valence-electron chi connectivity index (χ2n) is 6.47. The van der Waals surface area contributed by atoms with Gasteiger partial charge in [0.05, 0.1) is 21.3 Å². The van der Waals surface area contributed by atoms with E-state index in [1.807, 2.05) is 0 Å². The van der Waals surface area contributed by atoms with Gasteiger partial charge in [-0.25, -0.2) is 4.79 Å². The van der Waals surface area contributed by atoms with E-state index < -0.39 is 22.8 Å². The van der Waals surface area contributed by atoms with Crippen LogP contribution in [0.2, 0.25) is 10.0 Å². The summed E-state index contributed by atoms with van der Waals surface area (Å²) in [6, 6.07) is 9.53. The molecule has 3 aromatic rings. The van der Waals surface area contributed by atoms with Gasteiger partial charge in [0.2, 0.25) is 0 Å². The minimum atomic E-state index is -4.67. The van der Waals surface area contributed by atoms with E-state index in [0.717, 1.165) is 12.1 Å². The highest BCUT2D eigenvalue weighted by Gasteiger charge is 2.33. The third-order valence-corrected chi connectivity index (χ3v) is 4.79. The Morgan fingerprint density at radius 3 is 2.33 bits per heavy atom. The number of urea groups is 1. The van der Waals surface area contributed by atoms with E-state index in [0.29, 0.717) is 11.5 Å². The predicted molar refractivity (Wildman–Crippen MR) is 118 cm³/mol. The van der Waals surface area contributed by atoms with Crippen LogP contribution in [0.1, 0.15) is 16.1 Å². The molecular weight excluding hydrogens is 484 g/mol. The van der Waals surface area contributed by atoms with Crippen molar-refractivity contribution in [3.05, 3.63) is 76.0 Å². The zero-order valence-electron chi connectivity index (χ0n) is 16.8. The third kappa shape index (κ3) is 6.27. The Kier molecular flexibility index (Phi) is 7.29. The Morgan fingerprint density at radius 2 is 1.67 bits per heavy atom. The largest absolute Gasteiger partial charge is 0.457 e. The Morgan fingerprint density at radius 1 is 0.939 bits per heavy atom. The first kappa shape index (κ1) is 24.1. The smallest absolute Gasteiger partial charge is 0.417 e. The van der Waals surface area contributed by atoms with Gasteiger partial charge in [-0.15, -0.1) is 0 Å². The highest BCUT2D eigenvalue weighted by atomic mass is 35.5. The van der Waals surface area contributed by atoms with E-state index >= 15 is 0 Å². The molecule has 1 heterocycles. The maximum Gasteiger partial charge on any atom is 0.417 e. The van der Waals surface area contributed by atoms with E-state index in [2.05, 4.69) is 20.9 Å². The summed E-state index contributed by atoms with van der Waals surface area (Å²) in [5.74, 6) is 0.265. The fourth-order valence-electron chi connectivity index (χ4n) is 2.63. The maximum atomic E-state index is 13.0. The molecule has 0 aliphatic carbocycles. The SMILES string of the molecule is CNC(=O)c1cc(Oc2ccc(NC(=O)Nc3ccc(Cl)c(C(F)(F)F)c3)c(Cl)c2)ccn1. The molecule has 1 aromatic heterocycles. The number of pyridine rings is 1. The maximum absolute atomic E-state index is 13.0. The van der Waals surface area contributed by atoms with E-state index in [4.69, 9.17) is 27.9 Å². The minimum absolute atomic E-state index is 0.107. The average molecular weight is 499 g/mol. The first-order chi connectivity index (χ1) is 15.6. The summed E-state index contributed by atoms with van der Waals surface area (Å²) in [7, 11) is 1.47. The monoisotopic (exact) mass is 498 g/mol. The van der Waals surface area contributed by atoms with Crippen LogP contribution in [-0.4, -0.2) is 24.0 Å². The number of hydrogen-bond donors (Lipinski definition) is 3. The summed E-state index contributed by atoms with van der Waals surface area (Å²) >= 11 is 11.8. The third-order valence-electron chi connectivity index (χ3n) is 4.15. The van der Waals surface area contributed by atoms with Crippen LogP contribution in [0.3, 0.4) is 0 Å². The van der Waals surface area contributed by atoms with Crippen LogP contribution < -0.4 is 20.7 Å². The van der Waals surface area contributed by atoms with Crippen molar-refractivity contribution < 1.29 is 27.5 Å². The van der Waals surface area contributed by atoms with Crippen molar-refractivity contribution in [2.75, 3.05) is 17.7 Å². The van der Waals surface area contributed by atoms with Crippen LogP contribution in [0, 0.1) is 0 Å². The fraction of sp³-hybridized carbons (Fsp3) is 0.0952. The van der Waals surface area contributed by atoms with Crippen LogP contribution in [0.5, 0.6) is 11.5 Å². The van der Waals surface area contributed by atoms with Gasteiger partial charge >= 0.3 is 12.2 Å². The number of hydrogen-bond acceptors (Lipinski definition) is 4. The molecule has 3 N–H and O–H groups in total. The van der Waals surface area contributed by atoms with Gasteiger partial charge < -0.3 is 20.7 Å². The molecule has 172 valence electrons. The molecule has 0 aliphatic heterocycles. The van der Waals surface area contributed by atoms with Gasteiger partial charge in [-0.1, -0.05) is 23.2 Å². The molecule has 2 aromatic carbocycles. The number of anilines is 2. The molecule has 0 unspecified atom stereocenters. The standard InChI is InChI=1S/C21H15Cl2F3N4O3/c1-27-19(31)18-10-13(6-7-28-18)33-12-3-5-17(16(23)9-12)30-20(32)29-11-2-4-15(22)14(8-11)21(24,25)26/h2-10H,1H3,(H,27,31)(H2,29,30,32). The van der Waals surface area contributed by atoms with Crippen molar-refractivity contribution in [1.82, 2.24) is 10.3 Å². The van der Waals surface area contributed by atoms with Crippen molar-refractivity contribution in [2.45, 2.75) is 6.18 Å². The van der Waals surface area contributed by atoms with Gasteiger partial charge in [-0.05, 0) is 36.4 Å². The van der Waals surface area contributed by atoms with Gasteiger partial charge in [0.25, 0.3) is 5.91 Å². The lowest BCUT2D eigenvalue weighted by atomic mass is 10.2. The molecule has 33 heavy (non-hydrogen) atoms. The number of nitrogens with one attached hydrogen (secondary N) is 3. The number of nitrogens with zero attached hydrogens (tertiary/aromatic N) is 1. The van der Waals surface area contributed by atoms with E-state index in [-0.39, 0.29) is 28.0 Å². The zero-order valence-corrected chi connectivity index (χ0v) is 18.3. The average Bonchev–Trinajstić information content (AvgIpc) is 2.76. The van der Waals surface area contributed by atoms with Gasteiger partial charge in [0, 0.05) is 31.1 Å². The van der Waals surface area contributed by atoms with Gasteiger partial charge in [-0.3, -0.25) is 9.78 Å². The highest BCUT2D eigenvalue weighted by Crippen LogP contribution is 2.36. The predicted octanol–water partition coefficient (Wildman–Crippen LogP) is 6.20. The Bertz CT molecular complexity index is 1210. The van der Waals surface area contributed by atoms with Crippen LogP contribution in [0.15, 0.2) is 54.7 Å². The second kappa shape index (κ2) is 9.97. The normalized spacial score (nSPS) is 11.0. The van der Waals surface area contributed by atoms with Crippen LogP contribution in [0.25, 0.3) is 0 Å². The summed E-state index contributed by atoms with van der Waals surface area (Å²) in [5, 5.41) is 6.81. The minimum Gasteiger partial charge on any atom is -0.457 e. The number of ether oxygens (including phenoxy) is 1. The second-order valence-corrected chi connectivity index (χ2v) is 7.29. The quantitative estimate of drug-likeness (QED) is 0.390. The van der Waals surface area contributed by atoms with Crippen molar-refractivity contribution >= 4 is 46.5 Å². The zero-order chi connectivity index (χ0) is 24.2. The molecule has 0 radical (unpaired) electrons. The molecule has 7 nitrogen and oxygen atoms in total. The summed E-state index contributed by atoms with van der Waals surface area (Å²) in [6.45, 7) is 0. The number of amides is 3. The van der Waals surface area contributed by atoms with E-state index in [9.17, 15) is 22.8 Å². The number of benzene rings is 2. The van der Waals surface area contributed by atoms with E-state index in [1.165, 1.54) is 43.6 Å². The Balaban J connectivity index is 1.68. The van der Waals surface area contributed by atoms with Gasteiger partial charge in [-0.2, -0.15) is 13.2 Å². The molecule has 0 spiro atoms. The molecule has 0 aliphatic rings. The number of rotatable bonds is 5. The molecule has 0 saturated heterocycles. The molecule has 3 rings (SSSR count). The van der Waals surface area contributed by atoms with Crippen LogP contribution in [0.4, 0.5) is 29.3 Å². The molecular formula is C21H15Cl2F3N4O3. The lowest BCUT2D eigenvalue weighted by molar-refractivity contribution is -0.137. The Hall–Kier alpha value is -3.50. The number of alkyl halides is 3. The molecule has 0 saturated carbocycles. The fourth-order valence-corrected chi connectivity index (χ4v) is 3.07. The Labute approximate surface area is 195 Å². The topological polar surface area (TPSA) is 92.4 Å². The van der Waals surface area contributed by atoms with Crippen molar-refractivity contribution in [3.8, 4) is 11.5 Å². The number of aromatic nitrogens is 1. The van der Waals surface area contributed by atoms with Crippen molar-refractivity contribution in [2.24, 2.45) is 0 Å². The summed E-state index contributed by atoms with van der Waals surface area (Å²) < 4.78 is 44.6. The number of halogens is 5. The molecule has 12 heteroatoms. The van der Waals surface area contributed by atoms with Crippen molar-refractivity contribution in [1.29, 1.82) is 0 Å². The first-order valence-corrected chi connectivity index (χ1v) is 9.92. The summed E-state index contributed by atoms with van der Waals surface area (Å²) in [4.78, 5) is 27.8. The first-order valence-electron chi connectivity index (χ1n) is 9.17. The van der Waals surface area contributed by atoms with Crippen LogP contribution in [-0.2, 0) is 6.18 Å². The number of carbonyl (C=O) groups is 2. The molecule has 0 bridgehead atoms. The lowest BCUT2D eigenvalue weighted by Gasteiger charge is -2.13. The summed E-state index contributed by atoms with van der Waals surface area (Å²) in [5.41, 5.74) is -0.832. The van der Waals surface area contributed by atoms with Gasteiger partial charge in [0.15, 0.2) is 0 Å². The highest BCUT2D eigenvalue weighted by molar-refractivity contribution is 6.34. The summed E-state index contributed by atoms with van der Waals surface area (Å²) in [6.07, 6.45) is -3.26. The lowest BCUT2D eigenvalue weighted by Crippen LogP contribution is -2.20. The molecule has 0 fully saturated rings. The molecule has 0 atom stereocenters. The number of carbonyl (C=O) groups excluding carboxylic acids is 2. The molecule has 3 amide bonds. The van der Waals surface area contributed by atoms with Crippen LogP contribution >= 0.6 is 23.2 Å². The van der Waals surface area contributed by atoms with Crippen molar-refractivity contribution in [3.63, 3.8) is 0 Å². The van der Waals surface area contributed by atoms with Gasteiger partial charge in [0.1, 0.15) is 17.2 Å². The van der Waals surface area contributed by atoms with E-state index in [1.54, 1.807) is 6.07 Å².